The van der Waals surface area contributed by atoms with Gasteiger partial charge in [0.2, 0.25) is 0 Å². The summed E-state index contributed by atoms with van der Waals surface area (Å²) in [5.41, 5.74) is 4.05. The zero-order valence-electron chi connectivity index (χ0n) is 18.3. The van der Waals surface area contributed by atoms with E-state index in [1.165, 1.54) is 30.0 Å². The minimum absolute atomic E-state index is 0.00329. The lowest BCUT2D eigenvalue weighted by Crippen LogP contribution is -2.20. The first-order valence-electron chi connectivity index (χ1n) is 10.2. The van der Waals surface area contributed by atoms with Crippen molar-refractivity contribution in [3.8, 4) is 22.8 Å². The van der Waals surface area contributed by atoms with E-state index in [0.717, 1.165) is 23.2 Å². The topological polar surface area (TPSA) is 81.4 Å². The first kappa shape index (κ1) is 24.7. The van der Waals surface area contributed by atoms with Gasteiger partial charge in [-0.2, -0.15) is 5.10 Å². The highest BCUT2D eigenvalue weighted by Gasteiger charge is 2.17. The van der Waals surface area contributed by atoms with E-state index < -0.39 is 11.7 Å². The number of hydrogen-bond donors (Lipinski definition) is 1. The summed E-state index contributed by atoms with van der Waals surface area (Å²) in [6.45, 7) is 0. The lowest BCUT2D eigenvalue weighted by molar-refractivity contribution is -0.118. The summed E-state index contributed by atoms with van der Waals surface area (Å²) in [7, 11) is 1.60. The van der Waals surface area contributed by atoms with Crippen molar-refractivity contribution < 1.29 is 13.9 Å². The van der Waals surface area contributed by atoms with Crippen LogP contribution in [-0.2, 0) is 4.79 Å². The number of carbonyl (C=O) groups is 1. The first-order chi connectivity index (χ1) is 17.0. The monoisotopic (exact) mass is 529 g/mol. The van der Waals surface area contributed by atoms with Crippen molar-refractivity contribution in [1.29, 1.82) is 0 Å². The third-order valence-electron chi connectivity index (χ3n) is 4.78. The van der Waals surface area contributed by atoms with Gasteiger partial charge in [-0.3, -0.25) is 9.36 Å². The van der Waals surface area contributed by atoms with Crippen LogP contribution in [0, 0.1) is 5.82 Å². The number of rotatable bonds is 8. The van der Waals surface area contributed by atoms with Gasteiger partial charge < -0.3 is 4.74 Å². The van der Waals surface area contributed by atoms with Crippen molar-refractivity contribution >= 4 is 47.1 Å². The van der Waals surface area contributed by atoms with Crippen LogP contribution in [0.4, 0.5) is 4.39 Å². The highest BCUT2D eigenvalue weighted by atomic mass is 35.5. The number of hydrazone groups is 1. The van der Waals surface area contributed by atoms with Crippen molar-refractivity contribution in [3.63, 3.8) is 0 Å². The maximum atomic E-state index is 13.8. The van der Waals surface area contributed by atoms with Crippen LogP contribution in [0.5, 0.6) is 5.75 Å². The van der Waals surface area contributed by atoms with Gasteiger partial charge in [0.25, 0.3) is 5.91 Å². The third kappa shape index (κ3) is 6.00. The quantitative estimate of drug-likeness (QED) is 0.181. The number of nitrogens with zero attached hydrogens (tertiary/aromatic N) is 4. The summed E-state index contributed by atoms with van der Waals surface area (Å²) in [5.74, 6) is 0.360. The Labute approximate surface area is 214 Å². The third-order valence-corrected chi connectivity index (χ3v) is 6.29. The van der Waals surface area contributed by atoms with E-state index in [9.17, 15) is 9.18 Å². The molecule has 0 atom stereocenters. The molecule has 0 unspecified atom stereocenters. The fourth-order valence-corrected chi connectivity index (χ4v) is 4.16. The summed E-state index contributed by atoms with van der Waals surface area (Å²) < 4.78 is 20.9. The molecule has 1 N–H and O–H groups in total. The minimum Gasteiger partial charge on any atom is -0.497 e. The maximum Gasteiger partial charge on any atom is 0.250 e. The molecule has 0 aliphatic heterocycles. The summed E-state index contributed by atoms with van der Waals surface area (Å²) in [6, 6.07) is 18.9. The summed E-state index contributed by atoms with van der Waals surface area (Å²) in [6.07, 6.45) is 1.16. The molecular formula is C24H18Cl2FN5O2S. The molecule has 0 aliphatic rings. The number of halogens is 3. The number of ether oxygens (including phenoxy) is 1. The molecule has 3 aromatic carbocycles. The van der Waals surface area contributed by atoms with Crippen molar-refractivity contribution in [3.05, 3.63) is 88.2 Å². The van der Waals surface area contributed by atoms with Crippen molar-refractivity contribution in [1.82, 2.24) is 20.2 Å². The number of thioether (sulfide) groups is 1. The zero-order chi connectivity index (χ0) is 24.8. The second kappa shape index (κ2) is 11.4. The Balaban J connectivity index is 1.53. The highest BCUT2D eigenvalue weighted by Crippen LogP contribution is 2.29. The van der Waals surface area contributed by atoms with Gasteiger partial charge in [0, 0.05) is 21.8 Å². The van der Waals surface area contributed by atoms with E-state index in [2.05, 4.69) is 20.7 Å². The number of nitrogens with one attached hydrogen (secondary N) is 1. The Bertz CT molecular complexity index is 1340. The molecule has 0 bridgehead atoms. The first-order valence-corrected chi connectivity index (χ1v) is 11.9. The summed E-state index contributed by atoms with van der Waals surface area (Å²) >= 11 is 13.2. The Hall–Kier alpha value is -3.40. The van der Waals surface area contributed by atoms with E-state index in [1.807, 2.05) is 41.0 Å². The van der Waals surface area contributed by atoms with E-state index in [-0.39, 0.29) is 16.3 Å². The molecule has 0 saturated carbocycles. The number of carbonyl (C=O) groups excluding carboxylic acids is 1. The van der Waals surface area contributed by atoms with Crippen LogP contribution in [0.15, 0.2) is 77.0 Å². The van der Waals surface area contributed by atoms with Gasteiger partial charge in [-0.05, 0) is 60.7 Å². The van der Waals surface area contributed by atoms with Gasteiger partial charge >= 0.3 is 0 Å². The summed E-state index contributed by atoms with van der Waals surface area (Å²) in [4.78, 5) is 12.4. The predicted molar refractivity (Wildman–Crippen MR) is 136 cm³/mol. The molecule has 4 aromatic rings. The normalized spacial score (nSPS) is 11.1. The number of hydrogen-bond acceptors (Lipinski definition) is 6. The highest BCUT2D eigenvalue weighted by molar-refractivity contribution is 7.99. The van der Waals surface area contributed by atoms with Crippen molar-refractivity contribution in [2.24, 2.45) is 5.10 Å². The van der Waals surface area contributed by atoms with Gasteiger partial charge in [-0.25, -0.2) is 9.82 Å². The van der Waals surface area contributed by atoms with Crippen LogP contribution in [-0.4, -0.2) is 39.7 Å². The Morgan fingerprint density at radius 2 is 1.86 bits per heavy atom. The van der Waals surface area contributed by atoms with E-state index in [1.54, 1.807) is 19.2 Å². The molecule has 4 rings (SSSR count). The average Bonchev–Trinajstić information content (AvgIpc) is 3.29. The predicted octanol–water partition coefficient (Wildman–Crippen LogP) is 5.63. The van der Waals surface area contributed by atoms with E-state index >= 15 is 0 Å². The van der Waals surface area contributed by atoms with E-state index in [4.69, 9.17) is 27.9 Å². The molecule has 0 fully saturated rings. The molecule has 178 valence electrons. The Morgan fingerprint density at radius 1 is 1.11 bits per heavy atom. The molecule has 0 spiro atoms. The van der Waals surface area contributed by atoms with Crippen molar-refractivity contribution in [2.75, 3.05) is 12.9 Å². The second-order valence-electron chi connectivity index (χ2n) is 7.06. The number of aromatic nitrogens is 3. The lowest BCUT2D eigenvalue weighted by atomic mass is 10.2. The van der Waals surface area contributed by atoms with Crippen LogP contribution in [0.1, 0.15) is 5.56 Å². The Kier molecular flexibility index (Phi) is 8.02. The zero-order valence-corrected chi connectivity index (χ0v) is 20.6. The van der Waals surface area contributed by atoms with Crippen LogP contribution < -0.4 is 10.2 Å². The number of methoxy groups -OCH3 is 1. The SMILES string of the molecule is COc1ccc(-c2nnc(SCC(=O)N/N=C/c3c(F)cccc3Cl)n2-c2ccc(Cl)cc2)cc1. The maximum absolute atomic E-state index is 13.8. The van der Waals surface area contributed by atoms with Gasteiger partial charge in [0.1, 0.15) is 11.6 Å². The standard InChI is InChI=1S/C24H18Cl2FN5O2S/c1-34-18-11-5-15(6-12-18)23-30-31-24(32(23)17-9-7-16(25)8-10-17)35-14-22(33)29-28-13-19-20(26)3-2-4-21(19)27/h2-13H,14H2,1H3,(H,29,33)/b28-13+. The minimum atomic E-state index is -0.535. The van der Waals surface area contributed by atoms with Gasteiger partial charge in [0.05, 0.1) is 24.1 Å². The lowest BCUT2D eigenvalue weighted by Gasteiger charge is -2.11. The molecule has 1 aromatic heterocycles. The molecule has 0 radical (unpaired) electrons. The van der Waals surface area contributed by atoms with E-state index in [0.29, 0.717) is 16.0 Å². The fourth-order valence-electron chi connectivity index (χ4n) is 3.08. The molecule has 7 nitrogen and oxygen atoms in total. The molecule has 1 heterocycles. The largest absolute Gasteiger partial charge is 0.497 e. The Morgan fingerprint density at radius 3 is 2.54 bits per heavy atom. The van der Waals surface area contributed by atoms with Gasteiger partial charge in [-0.1, -0.05) is 41.0 Å². The van der Waals surface area contributed by atoms with Gasteiger partial charge in [0.15, 0.2) is 11.0 Å². The molecule has 35 heavy (non-hydrogen) atoms. The molecule has 1 amide bonds. The fraction of sp³-hybridized carbons (Fsp3) is 0.0833. The van der Waals surface area contributed by atoms with Crippen LogP contribution >= 0.6 is 35.0 Å². The molecular weight excluding hydrogens is 512 g/mol. The number of benzene rings is 3. The second-order valence-corrected chi connectivity index (χ2v) is 8.85. The number of amides is 1. The smallest absolute Gasteiger partial charge is 0.250 e. The van der Waals surface area contributed by atoms with Crippen LogP contribution in [0.2, 0.25) is 10.0 Å². The molecule has 0 saturated heterocycles. The van der Waals surface area contributed by atoms with Crippen LogP contribution in [0.3, 0.4) is 0 Å². The summed E-state index contributed by atoms with van der Waals surface area (Å²) in [5, 5.41) is 13.7. The van der Waals surface area contributed by atoms with Crippen molar-refractivity contribution in [2.45, 2.75) is 5.16 Å². The molecule has 0 aliphatic carbocycles. The van der Waals surface area contributed by atoms with Crippen LogP contribution in [0.25, 0.3) is 17.1 Å². The molecule has 11 heteroatoms. The van der Waals surface area contributed by atoms with Gasteiger partial charge in [-0.15, -0.1) is 10.2 Å². The average molecular weight is 530 g/mol.